The van der Waals surface area contributed by atoms with E-state index >= 15 is 43.9 Å². The number of fused-ring (bicyclic) bond motifs is 6. The van der Waals surface area contributed by atoms with E-state index in [0.717, 1.165) is 179 Å². The Morgan fingerprint density at radius 3 is 0.528 bits per heavy atom. The number of halogens is 10. The molecule has 0 aromatic heterocycles. The van der Waals surface area contributed by atoms with Gasteiger partial charge in [0.1, 0.15) is 23.3 Å². The molecule has 0 amide bonds. The minimum atomic E-state index is -4.68. The molecular formula is C134H82F10. The van der Waals surface area contributed by atoms with E-state index in [1.165, 1.54) is 48.5 Å². The van der Waals surface area contributed by atoms with Gasteiger partial charge in [-0.2, -0.15) is 26.3 Å². The second-order valence-corrected chi connectivity index (χ2v) is 36.2. The Balaban J connectivity index is 0.000000160. The molecule has 0 saturated heterocycles. The predicted molar refractivity (Wildman–Crippen MR) is 575 cm³/mol. The zero-order chi connectivity index (χ0) is 97.9. The van der Waals surface area contributed by atoms with E-state index in [2.05, 4.69) is 121 Å². The summed E-state index contributed by atoms with van der Waals surface area (Å²) >= 11 is 0. The van der Waals surface area contributed by atoms with Crippen LogP contribution in [0.2, 0.25) is 0 Å². The van der Waals surface area contributed by atoms with Gasteiger partial charge < -0.3 is 0 Å². The summed E-state index contributed by atoms with van der Waals surface area (Å²) in [6.07, 6.45) is -9.37. The van der Waals surface area contributed by atoms with Gasteiger partial charge in [-0.15, -0.1) is 0 Å². The van der Waals surface area contributed by atoms with Crippen LogP contribution in [0.1, 0.15) is 11.1 Å². The summed E-state index contributed by atoms with van der Waals surface area (Å²) in [5, 5.41) is 8.24. The summed E-state index contributed by atoms with van der Waals surface area (Å²) in [5.41, 5.74) is 22.9. The van der Waals surface area contributed by atoms with Gasteiger partial charge in [-0.3, -0.25) is 0 Å². The Morgan fingerprint density at radius 1 is 0.125 bits per heavy atom. The van der Waals surface area contributed by atoms with Crippen molar-refractivity contribution in [2.24, 2.45) is 0 Å². The van der Waals surface area contributed by atoms with Crippen molar-refractivity contribution in [3.05, 3.63) is 532 Å². The van der Waals surface area contributed by atoms with Gasteiger partial charge in [0, 0.05) is 34.4 Å². The summed E-state index contributed by atoms with van der Waals surface area (Å²) in [6, 6.07) is 156. The van der Waals surface area contributed by atoms with E-state index in [4.69, 9.17) is 0 Å². The van der Waals surface area contributed by atoms with Gasteiger partial charge in [0.05, 0.1) is 11.1 Å². The highest BCUT2D eigenvalue weighted by Gasteiger charge is 2.36. The molecule has 0 nitrogen and oxygen atoms in total. The number of benzene rings is 24. The van der Waals surface area contributed by atoms with Gasteiger partial charge in [-0.05, 0) is 293 Å². The first kappa shape index (κ1) is 90.0. The van der Waals surface area contributed by atoms with Crippen LogP contribution >= 0.6 is 0 Å². The quantitative estimate of drug-likeness (QED) is 0.0668. The molecule has 0 atom stereocenters. The second kappa shape index (κ2) is 37.7. The fraction of sp³-hybridized carbons (Fsp3) is 0.0149. The molecule has 0 radical (unpaired) electrons. The maximum Gasteiger partial charge on any atom is 0.416 e. The van der Waals surface area contributed by atoms with Crippen LogP contribution in [0, 0.1) is 23.3 Å². The molecule has 0 saturated carbocycles. The molecule has 24 aromatic carbocycles. The molecular weight excluding hydrogens is 1800 g/mol. The monoisotopic (exact) mass is 1880 g/mol. The topological polar surface area (TPSA) is 0 Å². The van der Waals surface area contributed by atoms with Crippen LogP contribution < -0.4 is 0 Å². The van der Waals surface area contributed by atoms with Crippen molar-refractivity contribution in [1.29, 1.82) is 0 Å². The highest BCUT2D eigenvalue weighted by molar-refractivity contribution is 6.36. The molecule has 0 fully saturated rings. The molecule has 0 spiro atoms. The fourth-order valence-electron chi connectivity index (χ4n) is 21.0. The van der Waals surface area contributed by atoms with Gasteiger partial charge in [0.25, 0.3) is 0 Å². The minimum Gasteiger partial charge on any atom is -0.207 e. The Morgan fingerprint density at radius 2 is 0.306 bits per heavy atom. The van der Waals surface area contributed by atoms with Crippen molar-refractivity contribution in [1.82, 2.24) is 0 Å². The number of alkyl halides is 6. The van der Waals surface area contributed by atoms with E-state index < -0.39 is 46.7 Å². The van der Waals surface area contributed by atoms with Crippen molar-refractivity contribution in [2.75, 3.05) is 0 Å². The summed E-state index contributed by atoms with van der Waals surface area (Å²) < 4.78 is 155. The van der Waals surface area contributed by atoms with Crippen molar-refractivity contribution < 1.29 is 43.9 Å². The summed E-state index contributed by atoms with van der Waals surface area (Å²) in [4.78, 5) is 0. The smallest absolute Gasteiger partial charge is 0.207 e. The molecule has 688 valence electrons. The van der Waals surface area contributed by atoms with Crippen LogP contribution in [-0.4, -0.2) is 0 Å². The van der Waals surface area contributed by atoms with Gasteiger partial charge in [-0.1, -0.05) is 413 Å². The highest BCUT2D eigenvalue weighted by Crippen LogP contribution is 2.59. The zero-order valence-electron chi connectivity index (χ0n) is 77.1. The molecule has 0 heterocycles. The lowest BCUT2D eigenvalue weighted by molar-refractivity contribution is -0.138. The van der Waals surface area contributed by atoms with Crippen molar-refractivity contribution in [3.63, 3.8) is 0 Å². The average molecular weight is 1880 g/mol. The van der Waals surface area contributed by atoms with Crippen LogP contribution in [-0.2, 0) is 12.4 Å². The third-order valence-electron chi connectivity index (χ3n) is 27.6. The van der Waals surface area contributed by atoms with E-state index in [-0.39, 0.29) is 11.1 Å². The standard InChI is InChI=1S/C68H42F6.C66H40F4/c69-67(70,71)55-25-13-23-53(39-55)63-60-42-52(46-21-11-4-12-22-46)36-38-58(60)62(50-33-29-48(30-34-50)44-17-7-2-8-18-44)66-64(54-24-14-26-56(40-54)68(72,73)74)59-41-51(45-19-9-3-10-20-45)35-37-57(59)61(65(63)66)49-31-27-47(28-32-49)43-15-5-1-6-16-43;67-51-31-35-55(59(69)39-51)63-58-38-50(44-19-11-4-12-20-44)30-34-54(58)62(48-27-23-46(24-28-48)42-15-7-2-8-16-42)66-64(56-36-32-52(68)40-60(56)70)57-37-49(43-17-9-3-10-18-43)29-33-53(57)61(65(63)66)47-25-21-45(22-26-47)41-13-5-1-6-14-41/h1-42H;1-40H. The lowest BCUT2D eigenvalue weighted by Gasteiger charge is -2.26. The molecule has 0 aliphatic heterocycles. The lowest BCUT2D eigenvalue weighted by Crippen LogP contribution is -2.05. The fourth-order valence-corrected chi connectivity index (χ4v) is 21.0. The Kier molecular flexibility index (Phi) is 23.6. The lowest BCUT2D eigenvalue weighted by atomic mass is 9.76. The SMILES string of the molecule is FC(F)(F)c1cccc(-c2c3cc(-c4ccccc4)ccc3c(-c3ccc(-c4ccccc4)cc3)c3c(-c4cccc(C(F)(F)F)c4)c4cc(-c5ccccc5)ccc4c(-c4ccc(-c5ccccc5)cc4)c23)c1.Fc1ccc(-c2c3cc(-c4ccccc4)ccc3c(-c3ccc(-c4ccccc4)cc3)c3c(-c4ccc(F)cc4F)c4cc(-c5ccccc5)ccc4c(-c4ccc(-c5ccccc5)cc4)c23)c(F)c1. The first-order valence-corrected chi connectivity index (χ1v) is 47.5. The van der Waals surface area contributed by atoms with Crippen LogP contribution in [0.3, 0.4) is 0 Å². The zero-order valence-corrected chi connectivity index (χ0v) is 77.1. The van der Waals surface area contributed by atoms with Crippen LogP contribution in [0.4, 0.5) is 43.9 Å². The highest BCUT2D eigenvalue weighted by atomic mass is 19.4. The molecule has 0 aliphatic carbocycles. The van der Waals surface area contributed by atoms with E-state index in [0.29, 0.717) is 76.5 Å². The third kappa shape index (κ3) is 17.1. The van der Waals surface area contributed by atoms with Crippen LogP contribution in [0.25, 0.3) is 243 Å². The maximum absolute atomic E-state index is 17.2. The molecule has 24 aromatic rings. The van der Waals surface area contributed by atoms with E-state index in [1.54, 1.807) is 12.1 Å². The van der Waals surface area contributed by atoms with Gasteiger partial charge in [0.15, 0.2) is 0 Å². The van der Waals surface area contributed by atoms with Crippen LogP contribution in [0.15, 0.2) is 497 Å². The number of rotatable bonds is 16. The van der Waals surface area contributed by atoms with Gasteiger partial charge >= 0.3 is 12.4 Å². The summed E-state index contributed by atoms with van der Waals surface area (Å²) in [5.74, 6) is -2.90. The molecule has 0 bridgehead atoms. The summed E-state index contributed by atoms with van der Waals surface area (Å²) in [6.45, 7) is 0. The summed E-state index contributed by atoms with van der Waals surface area (Å²) in [7, 11) is 0. The molecule has 0 N–H and O–H groups in total. The largest absolute Gasteiger partial charge is 0.416 e. The molecule has 10 heteroatoms. The van der Waals surface area contributed by atoms with Gasteiger partial charge in [0.2, 0.25) is 0 Å². The molecule has 0 aliphatic rings. The number of hydrogen-bond donors (Lipinski definition) is 0. The second-order valence-electron chi connectivity index (χ2n) is 36.2. The maximum atomic E-state index is 17.2. The van der Waals surface area contributed by atoms with E-state index in [1.807, 2.05) is 291 Å². The Hall–Kier alpha value is -17.9. The van der Waals surface area contributed by atoms with Crippen molar-refractivity contribution >= 4 is 64.6 Å². The molecule has 24 rings (SSSR count). The Labute approximate surface area is 825 Å². The first-order valence-electron chi connectivity index (χ1n) is 47.5. The number of hydrogen-bond acceptors (Lipinski definition) is 0. The molecule has 0 unspecified atom stereocenters. The molecule has 144 heavy (non-hydrogen) atoms. The average Bonchev–Trinajstić information content (AvgIpc) is 0.694. The van der Waals surface area contributed by atoms with Crippen molar-refractivity contribution in [3.8, 4) is 178 Å². The van der Waals surface area contributed by atoms with E-state index in [9.17, 15) is 0 Å². The predicted octanol–water partition coefficient (Wildman–Crippen LogP) is 39.6. The normalized spacial score (nSPS) is 11.7. The minimum absolute atomic E-state index is 0.181. The van der Waals surface area contributed by atoms with Gasteiger partial charge in [-0.25, -0.2) is 17.6 Å². The first-order chi connectivity index (χ1) is 70.3. The Bertz CT molecular complexity index is 8480. The van der Waals surface area contributed by atoms with Crippen molar-refractivity contribution in [2.45, 2.75) is 12.4 Å². The third-order valence-corrected chi connectivity index (χ3v) is 27.6. The van der Waals surface area contributed by atoms with Crippen LogP contribution in [0.5, 0.6) is 0 Å².